The Balaban J connectivity index is 1.62. The highest BCUT2D eigenvalue weighted by Crippen LogP contribution is 2.16. The third-order valence-electron chi connectivity index (χ3n) is 5.29. The van der Waals surface area contributed by atoms with E-state index in [9.17, 15) is 9.59 Å². The topological polar surface area (TPSA) is 72.2 Å². The molecule has 2 amide bonds. The van der Waals surface area contributed by atoms with Crippen molar-refractivity contribution in [3.05, 3.63) is 54.5 Å². The zero-order valence-corrected chi connectivity index (χ0v) is 18.2. The number of unbranched alkanes of at least 4 members (excludes halogenated alkanes) is 1. The molecule has 0 bridgehead atoms. The van der Waals surface area contributed by atoms with Crippen LogP contribution in [-0.2, 0) is 20.9 Å². The first kappa shape index (κ1) is 22.9. The van der Waals surface area contributed by atoms with E-state index in [0.29, 0.717) is 31.1 Å². The van der Waals surface area contributed by atoms with E-state index >= 15 is 0 Å². The molecular weight excluding hydrogens is 396 g/mol. The van der Waals surface area contributed by atoms with E-state index in [-0.39, 0.29) is 31.1 Å². The molecule has 1 unspecified atom stereocenters. The van der Waals surface area contributed by atoms with Crippen LogP contribution < -0.4 is 4.74 Å². The lowest BCUT2D eigenvalue weighted by atomic mass is 10.2. The van der Waals surface area contributed by atoms with E-state index in [4.69, 9.17) is 13.9 Å². The van der Waals surface area contributed by atoms with Gasteiger partial charge in [-0.2, -0.15) is 0 Å². The second kappa shape index (κ2) is 12.2. The molecule has 31 heavy (non-hydrogen) atoms. The van der Waals surface area contributed by atoms with Crippen LogP contribution in [-0.4, -0.2) is 60.6 Å². The van der Waals surface area contributed by atoms with Crippen molar-refractivity contribution < 1.29 is 23.5 Å². The van der Waals surface area contributed by atoms with Crippen molar-refractivity contribution in [2.75, 3.05) is 32.8 Å². The van der Waals surface area contributed by atoms with Gasteiger partial charge in [0.05, 0.1) is 25.5 Å². The summed E-state index contributed by atoms with van der Waals surface area (Å²) in [5.41, 5.74) is 0. The van der Waals surface area contributed by atoms with Crippen LogP contribution >= 0.6 is 0 Å². The molecule has 1 aliphatic heterocycles. The highest BCUT2D eigenvalue weighted by Gasteiger charge is 2.26. The monoisotopic (exact) mass is 428 g/mol. The molecule has 0 N–H and O–H groups in total. The predicted octanol–water partition coefficient (Wildman–Crippen LogP) is 3.49. The van der Waals surface area contributed by atoms with E-state index in [2.05, 4.69) is 6.92 Å². The summed E-state index contributed by atoms with van der Waals surface area (Å²) in [6.07, 6.45) is 5.33. The SMILES string of the molecule is CCCCN(CC(=O)N(Cc1ccco1)CC1CCCO1)C(=O)COc1ccccc1. The second-order valence-electron chi connectivity index (χ2n) is 7.76. The molecule has 2 aromatic rings. The summed E-state index contributed by atoms with van der Waals surface area (Å²) in [6, 6.07) is 12.9. The lowest BCUT2D eigenvalue weighted by Gasteiger charge is -2.28. The van der Waals surface area contributed by atoms with Crippen LogP contribution in [0.15, 0.2) is 53.1 Å². The van der Waals surface area contributed by atoms with Gasteiger partial charge in [0.25, 0.3) is 5.91 Å². The molecule has 1 aliphatic rings. The molecule has 1 atom stereocenters. The summed E-state index contributed by atoms with van der Waals surface area (Å²) in [7, 11) is 0. The van der Waals surface area contributed by atoms with Crippen molar-refractivity contribution in [3.63, 3.8) is 0 Å². The average molecular weight is 429 g/mol. The van der Waals surface area contributed by atoms with Gasteiger partial charge in [0, 0.05) is 19.7 Å². The normalized spacial score (nSPS) is 15.6. The summed E-state index contributed by atoms with van der Waals surface area (Å²) in [5, 5.41) is 0. The number of carbonyl (C=O) groups excluding carboxylic acids is 2. The molecular formula is C24H32N2O5. The van der Waals surface area contributed by atoms with Gasteiger partial charge in [0.2, 0.25) is 5.91 Å². The minimum absolute atomic E-state index is 0.0183. The van der Waals surface area contributed by atoms with Crippen LogP contribution in [0.4, 0.5) is 0 Å². The van der Waals surface area contributed by atoms with E-state index < -0.39 is 0 Å². The Morgan fingerprint density at radius 3 is 2.61 bits per heavy atom. The molecule has 7 heteroatoms. The molecule has 0 spiro atoms. The van der Waals surface area contributed by atoms with Crippen LogP contribution in [0.1, 0.15) is 38.4 Å². The van der Waals surface area contributed by atoms with Crippen molar-refractivity contribution in [2.45, 2.75) is 45.3 Å². The van der Waals surface area contributed by atoms with Crippen molar-refractivity contribution in [1.29, 1.82) is 0 Å². The first-order valence-electron chi connectivity index (χ1n) is 11.0. The van der Waals surface area contributed by atoms with Crippen molar-refractivity contribution in [3.8, 4) is 5.75 Å². The number of amides is 2. The van der Waals surface area contributed by atoms with Crippen LogP contribution in [0, 0.1) is 0 Å². The van der Waals surface area contributed by atoms with E-state index in [1.54, 1.807) is 16.1 Å². The first-order valence-corrected chi connectivity index (χ1v) is 11.0. The molecule has 1 aromatic heterocycles. The number of hydrogen-bond donors (Lipinski definition) is 0. The van der Waals surface area contributed by atoms with Gasteiger partial charge in [0.1, 0.15) is 11.5 Å². The second-order valence-corrected chi connectivity index (χ2v) is 7.76. The van der Waals surface area contributed by atoms with Crippen molar-refractivity contribution in [1.82, 2.24) is 9.80 Å². The van der Waals surface area contributed by atoms with Crippen LogP contribution in [0.2, 0.25) is 0 Å². The Kier molecular flexibility index (Phi) is 8.97. The Morgan fingerprint density at radius 1 is 1.10 bits per heavy atom. The minimum Gasteiger partial charge on any atom is -0.484 e. The van der Waals surface area contributed by atoms with Crippen molar-refractivity contribution in [2.24, 2.45) is 0 Å². The number of nitrogens with zero attached hydrogens (tertiary/aromatic N) is 2. The summed E-state index contributed by atoms with van der Waals surface area (Å²) in [5.74, 6) is 1.04. The van der Waals surface area contributed by atoms with E-state index in [1.807, 2.05) is 42.5 Å². The largest absolute Gasteiger partial charge is 0.484 e. The maximum Gasteiger partial charge on any atom is 0.260 e. The van der Waals surface area contributed by atoms with Gasteiger partial charge >= 0.3 is 0 Å². The maximum absolute atomic E-state index is 13.2. The molecule has 168 valence electrons. The average Bonchev–Trinajstić information content (AvgIpc) is 3.49. The van der Waals surface area contributed by atoms with Gasteiger partial charge in [-0.25, -0.2) is 0 Å². The number of rotatable bonds is 12. The summed E-state index contributed by atoms with van der Waals surface area (Å²) < 4.78 is 16.8. The highest BCUT2D eigenvalue weighted by atomic mass is 16.5. The minimum atomic E-state index is -0.194. The molecule has 0 aliphatic carbocycles. The lowest BCUT2D eigenvalue weighted by Crippen LogP contribution is -2.46. The molecule has 0 saturated carbocycles. The zero-order valence-electron chi connectivity index (χ0n) is 18.2. The number of hydrogen-bond acceptors (Lipinski definition) is 5. The molecule has 1 aromatic carbocycles. The zero-order chi connectivity index (χ0) is 21.9. The number of para-hydroxylation sites is 1. The fourth-order valence-electron chi connectivity index (χ4n) is 3.54. The molecule has 1 fully saturated rings. The van der Waals surface area contributed by atoms with Gasteiger partial charge in [-0.15, -0.1) is 0 Å². The summed E-state index contributed by atoms with van der Waals surface area (Å²) in [4.78, 5) is 29.4. The Hall–Kier alpha value is -2.80. The molecule has 7 nitrogen and oxygen atoms in total. The fourth-order valence-corrected chi connectivity index (χ4v) is 3.54. The Bertz CT molecular complexity index is 788. The Morgan fingerprint density at radius 2 is 1.94 bits per heavy atom. The summed E-state index contributed by atoms with van der Waals surface area (Å²) in [6.45, 7) is 4.10. The number of carbonyl (C=O) groups is 2. The van der Waals surface area contributed by atoms with E-state index in [0.717, 1.165) is 32.3 Å². The van der Waals surface area contributed by atoms with Crippen molar-refractivity contribution >= 4 is 11.8 Å². The Labute approximate surface area is 183 Å². The van der Waals surface area contributed by atoms with Crippen LogP contribution in [0.25, 0.3) is 0 Å². The third-order valence-corrected chi connectivity index (χ3v) is 5.29. The highest BCUT2D eigenvalue weighted by molar-refractivity contribution is 5.85. The van der Waals surface area contributed by atoms with Crippen LogP contribution in [0.5, 0.6) is 5.75 Å². The fraction of sp³-hybridized carbons (Fsp3) is 0.500. The van der Waals surface area contributed by atoms with Gasteiger partial charge in [-0.1, -0.05) is 31.5 Å². The maximum atomic E-state index is 13.2. The molecule has 2 heterocycles. The molecule has 1 saturated heterocycles. The van der Waals surface area contributed by atoms with Gasteiger partial charge in [-0.05, 0) is 43.5 Å². The number of furan rings is 1. The third kappa shape index (κ3) is 7.43. The number of ether oxygens (including phenoxy) is 2. The van der Waals surface area contributed by atoms with Gasteiger partial charge in [-0.3, -0.25) is 9.59 Å². The summed E-state index contributed by atoms with van der Waals surface area (Å²) >= 11 is 0. The standard InChI is InChI=1S/C24H32N2O5/c1-2-3-13-25(24(28)19-31-20-9-5-4-6-10-20)18-23(27)26(16-21-11-7-14-29-21)17-22-12-8-15-30-22/h4-7,9-11,14,22H,2-3,8,12-13,15-19H2,1H3. The smallest absolute Gasteiger partial charge is 0.260 e. The van der Waals surface area contributed by atoms with Crippen LogP contribution in [0.3, 0.4) is 0 Å². The van der Waals surface area contributed by atoms with E-state index in [1.165, 1.54) is 0 Å². The van der Waals surface area contributed by atoms with Gasteiger partial charge in [0.15, 0.2) is 6.61 Å². The lowest BCUT2D eigenvalue weighted by molar-refractivity contribution is -0.143. The quantitative estimate of drug-likeness (QED) is 0.517. The predicted molar refractivity (Wildman–Crippen MR) is 117 cm³/mol. The molecule has 0 radical (unpaired) electrons. The molecule has 3 rings (SSSR count). The van der Waals surface area contributed by atoms with Gasteiger partial charge < -0.3 is 23.7 Å². The number of benzene rings is 1. The first-order chi connectivity index (χ1) is 15.2.